The maximum Gasteiger partial charge on any atom is 0.155 e. The lowest BCUT2D eigenvalue weighted by molar-refractivity contribution is 0.110. The average molecular weight is 315 g/mol. The molecule has 0 saturated carbocycles. The molecular weight excluding hydrogens is 290 g/mol. The minimum atomic E-state index is -3.43. The molecule has 1 rings (SSSR count). The molecule has 2 unspecified atom stereocenters. The summed E-state index contributed by atoms with van der Waals surface area (Å²) in [6.45, 7) is 5.09. The summed E-state index contributed by atoms with van der Waals surface area (Å²) >= 11 is 0. The number of aliphatic hydroxyl groups is 1. The van der Waals surface area contributed by atoms with Crippen LogP contribution in [-0.4, -0.2) is 44.3 Å². The van der Waals surface area contributed by atoms with Crippen LogP contribution in [0.4, 0.5) is 0 Å². The number of hydrogen-bond acceptors (Lipinski definition) is 5. The highest BCUT2D eigenvalue weighted by Crippen LogP contribution is 2.33. The molecule has 0 radical (unpaired) electrons. The first-order valence-electron chi connectivity index (χ1n) is 6.78. The number of rotatable bonds is 6. The Kier molecular flexibility index (Phi) is 5.41. The highest BCUT2D eigenvalue weighted by Gasteiger charge is 2.42. The predicted molar refractivity (Wildman–Crippen MR) is 84.5 cm³/mol. The number of benzene rings is 1. The molecule has 0 bridgehead atoms. The van der Waals surface area contributed by atoms with Crippen molar-refractivity contribution in [2.24, 2.45) is 5.73 Å². The molecule has 120 valence electrons. The van der Waals surface area contributed by atoms with Crippen molar-refractivity contribution >= 4 is 9.84 Å². The summed E-state index contributed by atoms with van der Waals surface area (Å²) in [6, 6.07) is 5.52. The van der Waals surface area contributed by atoms with Gasteiger partial charge in [0.25, 0.3) is 0 Å². The van der Waals surface area contributed by atoms with Crippen molar-refractivity contribution in [3.05, 3.63) is 29.3 Å². The van der Waals surface area contributed by atoms with Gasteiger partial charge in [-0.15, -0.1) is 0 Å². The summed E-state index contributed by atoms with van der Waals surface area (Å²) in [5, 5.41) is 10.6. The van der Waals surface area contributed by atoms with Crippen LogP contribution in [-0.2, 0) is 9.84 Å². The van der Waals surface area contributed by atoms with Crippen LogP contribution in [0.25, 0.3) is 0 Å². The van der Waals surface area contributed by atoms with Gasteiger partial charge in [0, 0.05) is 18.7 Å². The summed E-state index contributed by atoms with van der Waals surface area (Å²) in [4.78, 5) is 0. The molecule has 3 N–H and O–H groups in total. The summed E-state index contributed by atoms with van der Waals surface area (Å²) < 4.78 is 27.8. The molecule has 1 aromatic rings. The second-order valence-electron chi connectivity index (χ2n) is 5.89. The van der Waals surface area contributed by atoms with Crippen LogP contribution in [0.2, 0.25) is 0 Å². The van der Waals surface area contributed by atoms with Gasteiger partial charge in [-0.25, -0.2) is 8.42 Å². The second-order valence-corrected chi connectivity index (χ2v) is 8.49. The number of sulfone groups is 1. The van der Waals surface area contributed by atoms with E-state index in [1.54, 1.807) is 13.2 Å². The Morgan fingerprint density at radius 2 is 1.95 bits per heavy atom. The average Bonchev–Trinajstić information content (AvgIpc) is 2.39. The largest absolute Gasteiger partial charge is 0.496 e. The number of hydrogen-bond donors (Lipinski definition) is 2. The molecule has 0 amide bonds. The normalized spacial score (nSPS) is 15.6. The lowest BCUT2D eigenvalue weighted by Gasteiger charge is -2.34. The van der Waals surface area contributed by atoms with E-state index >= 15 is 0 Å². The van der Waals surface area contributed by atoms with Crippen molar-refractivity contribution < 1.29 is 18.3 Å². The first-order valence-corrected chi connectivity index (χ1v) is 8.67. The standard InChI is InChI=1S/C15H25NO4S/c1-10-6-7-11(8-13(10)20-4)12(9-16)14(17)15(2,3)21(5,18)19/h6-8,12,14,17H,9,16H2,1-5H3. The topological polar surface area (TPSA) is 89.6 Å². The monoisotopic (exact) mass is 315 g/mol. The van der Waals surface area contributed by atoms with E-state index in [-0.39, 0.29) is 6.54 Å². The van der Waals surface area contributed by atoms with Crippen LogP contribution in [0.15, 0.2) is 18.2 Å². The fraction of sp³-hybridized carbons (Fsp3) is 0.600. The van der Waals surface area contributed by atoms with Gasteiger partial charge >= 0.3 is 0 Å². The van der Waals surface area contributed by atoms with E-state index in [4.69, 9.17) is 10.5 Å². The molecule has 0 saturated heterocycles. The Morgan fingerprint density at radius 1 is 1.38 bits per heavy atom. The third-order valence-corrected chi connectivity index (χ3v) is 6.32. The van der Waals surface area contributed by atoms with Crippen LogP contribution in [0.1, 0.15) is 30.9 Å². The Labute approximate surface area is 127 Å². The fourth-order valence-electron chi connectivity index (χ4n) is 2.22. The van der Waals surface area contributed by atoms with Crippen LogP contribution < -0.4 is 10.5 Å². The predicted octanol–water partition coefficient (Wildman–Crippen LogP) is 1.23. The van der Waals surface area contributed by atoms with Crippen molar-refractivity contribution in [3.63, 3.8) is 0 Å². The zero-order valence-electron chi connectivity index (χ0n) is 13.3. The van der Waals surface area contributed by atoms with E-state index in [1.807, 2.05) is 19.1 Å². The van der Waals surface area contributed by atoms with Crippen LogP contribution in [0.3, 0.4) is 0 Å². The first-order chi connectivity index (χ1) is 9.56. The quantitative estimate of drug-likeness (QED) is 0.824. The van der Waals surface area contributed by atoms with E-state index in [1.165, 1.54) is 13.8 Å². The highest BCUT2D eigenvalue weighted by atomic mass is 32.2. The number of aliphatic hydroxyl groups excluding tert-OH is 1. The molecule has 1 aromatic carbocycles. The lowest BCUT2D eigenvalue weighted by atomic mass is 9.86. The zero-order chi connectivity index (χ0) is 16.4. The van der Waals surface area contributed by atoms with Crippen LogP contribution >= 0.6 is 0 Å². The number of aryl methyl sites for hydroxylation is 1. The number of methoxy groups -OCH3 is 1. The SMILES string of the molecule is COc1cc(C(CN)C(O)C(C)(C)S(C)(=O)=O)ccc1C. The molecule has 0 heterocycles. The molecule has 21 heavy (non-hydrogen) atoms. The molecule has 0 fully saturated rings. The van der Waals surface area contributed by atoms with Crippen molar-refractivity contribution in [3.8, 4) is 5.75 Å². The maximum atomic E-state index is 11.9. The third-order valence-electron chi connectivity index (χ3n) is 4.16. The number of ether oxygens (including phenoxy) is 1. The van der Waals surface area contributed by atoms with Crippen LogP contribution in [0.5, 0.6) is 5.75 Å². The minimum absolute atomic E-state index is 0.145. The van der Waals surface area contributed by atoms with E-state index < -0.39 is 26.6 Å². The van der Waals surface area contributed by atoms with Gasteiger partial charge in [-0.05, 0) is 38.0 Å². The Hall–Kier alpha value is -1.11. The van der Waals surface area contributed by atoms with Crippen molar-refractivity contribution in [1.82, 2.24) is 0 Å². The lowest BCUT2D eigenvalue weighted by Crippen LogP contribution is -2.48. The molecule has 0 aliphatic heterocycles. The van der Waals surface area contributed by atoms with E-state index in [9.17, 15) is 13.5 Å². The van der Waals surface area contributed by atoms with Gasteiger partial charge in [-0.1, -0.05) is 12.1 Å². The van der Waals surface area contributed by atoms with Gasteiger partial charge in [0.15, 0.2) is 9.84 Å². The molecule has 5 nitrogen and oxygen atoms in total. The Balaban J connectivity index is 3.25. The van der Waals surface area contributed by atoms with Crippen molar-refractivity contribution in [2.45, 2.75) is 37.5 Å². The molecule has 0 spiro atoms. The van der Waals surface area contributed by atoms with Crippen molar-refractivity contribution in [2.75, 3.05) is 19.9 Å². The summed E-state index contributed by atoms with van der Waals surface area (Å²) in [5.74, 6) is 0.208. The highest BCUT2D eigenvalue weighted by molar-refractivity contribution is 7.92. The van der Waals surface area contributed by atoms with Gasteiger partial charge in [0.2, 0.25) is 0 Å². The molecule has 2 atom stereocenters. The van der Waals surface area contributed by atoms with Gasteiger partial charge in [0.1, 0.15) is 5.75 Å². The summed E-state index contributed by atoms with van der Waals surface area (Å²) in [7, 11) is -1.86. The van der Waals surface area contributed by atoms with Gasteiger partial charge in [-0.2, -0.15) is 0 Å². The molecule has 0 aliphatic rings. The fourth-order valence-corrected chi connectivity index (χ4v) is 2.82. The number of nitrogens with two attached hydrogens (primary N) is 1. The van der Waals surface area contributed by atoms with E-state index in [0.29, 0.717) is 5.75 Å². The van der Waals surface area contributed by atoms with Gasteiger partial charge in [0.05, 0.1) is 18.0 Å². The Bertz CT molecular complexity index is 596. The molecular formula is C15H25NO4S. The molecule has 6 heteroatoms. The van der Waals surface area contributed by atoms with Crippen molar-refractivity contribution in [1.29, 1.82) is 0 Å². The zero-order valence-corrected chi connectivity index (χ0v) is 14.1. The molecule has 0 aliphatic carbocycles. The smallest absolute Gasteiger partial charge is 0.155 e. The van der Waals surface area contributed by atoms with Gasteiger partial charge in [-0.3, -0.25) is 0 Å². The summed E-state index contributed by atoms with van der Waals surface area (Å²) in [6.07, 6.45) is 0.0180. The molecule has 0 aromatic heterocycles. The Morgan fingerprint density at radius 3 is 2.38 bits per heavy atom. The third kappa shape index (κ3) is 3.56. The summed E-state index contributed by atoms with van der Waals surface area (Å²) in [5.41, 5.74) is 7.51. The van der Waals surface area contributed by atoms with Crippen LogP contribution in [0, 0.1) is 6.92 Å². The van der Waals surface area contributed by atoms with E-state index in [0.717, 1.165) is 17.4 Å². The minimum Gasteiger partial charge on any atom is -0.496 e. The maximum absolute atomic E-state index is 11.9. The second kappa shape index (κ2) is 6.34. The van der Waals surface area contributed by atoms with Gasteiger partial charge < -0.3 is 15.6 Å². The first kappa shape index (κ1) is 17.9. The van der Waals surface area contributed by atoms with E-state index in [2.05, 4.69) is 0 Å².